The summed E-state index contributed by atoms with van der Waals surface area (Å²) in [4.78, 5) is 36.3. The molecule has 1 aliphatic rings. The van der Waals surface area contributed by atoms with Gasteiger partial charge in [-0.1, -0.05) is 24.3 Å². The highest BCUT2D eigenvalue weighted by Crippen LogP contribution is 2.23. The van der Waals surface area contributed by atoms with Crippen LogP contribution in [0.25, 0.3) is 11.1 Å². The summed E-state index contributed by atoms with van der Waals surface area (Å²) in [6.45, 7) is 3.73. The molecule has 6 heteroatoms. The molecule has 0 radical (unpaired) electrons. The molecule has 1 aliphatic heterocycles. The molecule has 2 aromatic carbocycles. The molecule has 3 aromatic rings. The average molecular weight is 443 g/mol. The van der Waals surface area contributed by atoms with Gasteiger partial charge in [0.05, 0.1) is 0 Å². The maximum absolute atomic E-state index is 13.4. The highest BCUT2D eigenvalue weighted by molar-refractivity contribution is 5.98. The Morgan fingerprint density at radius 3 is 2.18 bits per heavy atom. The van der Waals surface area contributed by atoms with Crippen molar-refractivity contribution in [1.82, 2.24) is 14.8 Å². The van der Waals surface area contributed by atoms with Gasteiger partial charge in [-0.3, -0.25) is 14.6 Å². The zero-order chi connectivity index (χ0) is 23.4. The Labute approximate surface area is 195 Å². The van der Waals surface area contributed by atoms with Crippen LogP contribution in [-0.4, -0.2) is 66.4 Å². The number of carbonyl (C=O) groups is 2. The highest BCUT2D eigenvalue weighted by Gasteiger charge is 2.37. The summed E-state index contributed by atoms with van der Waals surface area (Å²) in [5.41, 5.74) is 4.87. The number of hydrogen-bond donors (Lipinski definition) is 0. The van der Waals surface area contributed by atoms with Crippen molar-refractivity contribution in [2.45, 2.75) is 19.4 Å². The predicted octanol–water partition coefficient (Wildman–Crippen LogP) is 3.73. The molecule has 33 heavy (non-hydrogen) atoms. The van der Waals surface area contributed by atoms with Crippen LogP contribution in [0.4, 0.5) is 5.69 Å². The van der Waals surface area contributed by atoms with Gasteiger partial charge in [-0.15, -0.1) is 0 Å². The highest BCUT2D eigenvalue weighted by atomic mass is 16.2. The summed E-state index contributed by atoms with van der Waals surface area (Å²) < 4.78 is 0. The first-order chi connectivity index (χ1) is 16.0. The predicted molar refractivity (Wildman–Crippen MR) is 131 cm³/mol. The number of nitrogens with zero attached hydrogens (tertiary/aromatic N) is 4. The average Bonchev–Trinajstić information content (AvgIpc) is 2.86. The van der Waals surface area contributed by atoms with E-state index in [1.165, 1.54) is 0 Å². The van der Waals surface area contributed by atoms with Crippen LogP contribution < -0.4 is 4.90 Å². The fourth-order valence-corrected chi connectivity index (χ4v) is 4.26. The van der Waals surface area contributed by atoms with Crippen LogP contribution in [0.3, 0.4) is 0 Å². The summed E-state index contributed by atoms with van der Waals surface area (Å²) in [5.74, 6) is -0.0805. The molecule has 2 heterocycles. The third-order valence-corrected chi connectivity index (χ3v) is 6.25. The first-order valence-electron chi connectivity index (χ1n) is 11.3. The van der Waals surface area contributed by atoms with Crippen molar-refractivity contribution in [1.29, 1.82) is 0 Å². The lowest BCUT2D eigenvalue weighted by Gasteiger charge is -2.40. The zero-order valence-electron chi connectivity index (χ0n) is 19.4. The van der Waals surface area contributed by atoms with Crippen LogP contribution in [0.2, 0.25) is 0 Å². The fraction of sp³-hybridized carbons (Fsp3) is 0.296. The van der Waals surface area contributed by atoms with Gasteiger partial charge in [-0.25, -0.2) is 0 Å². The Balaban J connectivity index is 1.57. The number of rotatable bonds is 6. The topological polar surface area (TPSA) is 56.8 Å². The van der Waals surface area contributed by atoms with E-state index in [0.717, 1.165) is 22.4 Å². The lowest BCUT2D eigenvalue weighted by Crippen LogP contribution is -2.59. The SMILES string of the molecule is CCN1CCN(C(=O)c2ccc(N(C)C)cc2)C(Cc2ccc(-c3ccncc3)cc2)C1=O. The van der Waals surface area contributed by atoms with Crippen molar-refractivity contribution in [2.24, 2.45) is 0 Å². The molecule has 0 N–H and O–H groups in total. The van der Waals surface area contributed by atoms with Gasteiger partial charge in [-0.2, -0.15) is 0 Å². The van der Waals surface area contributed by atoms with Crippen molar-refractivity contribution in [3.8, 4) is 11.1 Å². The summed E-state index contributed by atoms with van der Waals surface area (Å²) >= 11 is 0. The Morgan fingerprint density at radius 2 is 1.58 bits per heavy atom. The standard InChI is InChI=1S/C27H30N4O2/c1-4-30-17-18-31(26(32)23-9-11-24(12-10-23)29(2)3)25(27(30)33)19-20-5-7-21(8-6-20)22-13-15-28-16-14-22/h5-16,25H,4,17-19H2,1-3H3. The fourth-order valence-electron chi connectivity index (χ4n) is 4.26. The normalized spacial score (nSPS) is 16.1. The zero-order valence-corrected chi connectivity index (χ0v) is 19.4. The molecule has 6 nitrogen and oxygen atoms in total. The molecule has 2 amide bonds. The summed E-state index contributed by atoms with van der Waals surface area (Å²) in [6.07, 6.45) is 4.04. The first kappa shape index (κ1) is 22.5. The van der Waals surface area contributed by atoms with Gasteiger partial charge in [-0.05, 0) is 60.0 Å². The molecule has 1 saturated heterocycles. The van der Waals surface area contributed by atoms with Crippen molar-refractivity contribution in [3.63, 3.8) is 0 Å². The number of piperazine rings is 1. The van der Waals surface area contributed by atoms with Gasteiger partial charge < -0.3 is 14.7 Å². The second-order valence-corrected chi connectivity index (χ2v) is 8.51. The van der Waals surface area contributed by atoms with Crippen LogP contribution in [0.1, 0.15) is 22.8 Å². The minimum Gasteiger partial charge on any atom is -0.378 e. The van der Waals surface area contributed by atoms with Gasteiger partial charge in [0.1, 0.15) is 6.04 Å². The monoisotopic (exact) mass is 442 g/mol. The molecule has 0 spiro atoms. The van der Waals surface area contributed by atoms with E-state index in [9.17, 15) is 9.59 Å². The van der Waals surface area contributed by atoms with Crippen molar-refractivity contribution >= 4 is 17.5 Å². The second-order valence-electron chi connectivity index (χ2n) is 8.51. The van der Waals surface area contributed by atoms with Gasteiger partial charge in [0.2, 0.25) is 5.91 Å². The van der Waals surface area contributed by atoms with Crippen LogP contribution in [0, 0.1) is 0 Å². The molecule has 1 unspecified atom stereocenters. The Hall–Kier alpha value is -3.67. The number of benzene rings is 2. The smallest absolute Gasteiger partial charge is 0.254 e. The van der Waals surface area contributed by atoms with E-state index in [1.807, 2.05) is 79.3 Å². The lowest BCUT2D eigenvalue weighted by atomic mass is 9.98. The van der Waals surface area contributed by atoms with Crippen molar-refractivity contribution < 1.29 is 9.59 Å². The van der Waals surface area contributed by atoms with Crippen molar-refractivity contribution in [3.05, 3.63) is 84.2 Å². The molecule has 170 valence electrons. The largest absolute Gasteiger partial charge is 0.378 e. The number of aromatic nitrogens is 1. The van der Waals surface area contributed by atoms with E-state index < -0.39 is 6.04 Å². The molecule has 0 saturated carbocycles. The van der Waals surface area contributed by atoms with E-state index in [4.69, 9.17) is 0 Å². The minimum atomic E-state index is -0.508. The van der Waals surface area contributed by atoms with E-state index in [0.29, 0.717) is 31.6 Å². The molecular formula is C27H30N4O2. The van der Waals surface area contributed by atoms with Gasteiger partial charge in [0, 0.05) is 63.8 Å². The Morgan fingerprint density at radius 1 is 0.939 bits per heavy atom. The minimum absolute atomic E-state index is 0.0141. The molecule has 0 aliphatic carbocycles. The Bertz CT molecular complexity index is 1100. The van der Waals surface area contributed by atoms with Crippen LogP contribution in [0.5, 0.6) is 0 Å². The molecule has 1 fully saturated rings. The number of amides is 2. The van der Waals surface area contributed by atoms with Gasteiger partial charge in [0.25, 0.3) is 5.91 Å². The summed E-state index contributed by atoms with van der Waals surface area (Å²) in [5, 5.41) is 0. The molecule has 1 atom stereocenters. The third-order valence-electron chi connectivity index (χ3n) is 6.25. The third kappa shape index (κ3) is 4.90. The first-order valence-corrected chi connectivity index (χ1v) is 11.3. The van der Waals surface area contributed by atoms with Gasteiger partial charge in [0.15, 0.2) is 0 Å². The summed E-state index contributed by atoms with van der Waals surface area (Å²) in [6, 6.07) is 19.2. The maximum Gasteiger partial charge on any atom is 0.254 e. The van der Waals surface area contributed by atoms with E-state index in [-0.39, 0.29) is 11.8 Å². The van der Waals surface area contributed by atoms with Gasteiger partial charge >= 0.3 is 0 Å². The molecule has 1 aromatic heterocycles. The Kier molecular flexibility index (Phi) is 6.73. The van der Waals surface area contributed by atoms with Crippen LogP contribution in [0.15, 0.2) is 73.1 Å². The maximum atomic E-state index is 13.4. The summed E-state index contributed by atoms with van der Waals surface area (Å²) in [7, 11) is 3.94. The number of pyridine rings is 1. The van der Waals surface area contributed by atoms with E-state index >= 15 is 0 Å². The molecular weight excluding hydrogens is 412 g/mol. The van der Waals surface area contributed by atoms with E-state index in [2.05, 4.69) is 17.1 Å². The van der Waals surface area contributed by atoms with Crippen LogP contribution in [-0.2, 0) is 11.2 Å². The number of anilines is 1. The van der Waals surface area contributed by atoms with Crippen LogP contribution >= 0.6 is 0 Å². The number of hydrogen-bond acceptors (Lipinski definition) is 4. The second kappa shape index (κ2) is 9.86. The molecule has 4 rings (SSSR count). The van der Waals surface area contributed by atoms with Crippen molar-refractivity contribution in [2.75, 3.05) is 38.6 Å². The van der Waals surface area contributed by atoms with E-state index in [1.54, 1.807) is 17.3 Å². The number of likely N-dealkylation sites (N-methyl/N-ethyl adjacent to an activating group) is 1. The quantitative estimate of drug-likeness (QED) is 0.584. The number of carbonyl (C=O) groups excluding carboxylic acids is 2. The lowest BCUT2D eigenvalue weighted by molar-refractivity contribution is -0.139. The molecule has 0 bridgehead atoms.